The molecule has 0 amide bonds. The zero-order chi connectivity index (χ0) is 10.9. The third-order valence-electron chi connectivity index (χ3n) is 2.89. The van der Waals surface area contributed by atoms with Crippen molar-refractivity contribution < 1.29 is 18.7 Å². The van der Waals surface area contributed by atoms with E-state index in [1.165, 1.54) is 57.0 Å². The fourth-order valence-corrected chi connectivity index (χ4v) is 7.94. The van der Waals surface area contributed by atoms with E-state index in [4.69, 9.17) is 0 Å². The molecule has 0 fully saturated rings. The van der Waals surface area contributed by atoms with E-state index in [0.29, 0.717) is 0 Å². The fraction of sp³-hybridized carbons (Fsp3) is 1.00. The molecule has 0 aliphatic rings. The van der Waals surface area contributed by atoms with Gasteiger partial charge in [0.1, 0.15) is 0 Å². The molecule has 14 heavy (non-hydrogen) atoms. The molecule has 0 atom stereocenters. The molecule has 0 spiro atoms. The summed E-state index contributed by atoms with van der Waals surface area (Å²) in [5.74, 6) is 0. The Morgan fingerprint density at radius 3 is 1.21 bits per heavy atom. The summed E-state index contributed by atoms with van der Waals surface area (Å²) in [6.45, 7) is 6.93. The van der Waals surface area contributed by atoms with Gasteiger partial charge < -0.3 is 0 Å². The van der Waals surface area contributed by atoms with Crippen LogP contribution in [0.25, 0.3) is 0 Å². The molecule has 0 aromatic rings. The van der Waals surface area contributed by atoms with Crippen LogP contribution in [-0.4, -0.2) is 18.5 Å². The molecule has 2 heteroatoms. The van der Waals surface area contributed by atoms with Gasteiger partial charge >= 0.3 is 102 Å². The number of hydrogen-bond acceptors (Lipinski definition) is 0. The third-order valence-corrected chi connectivity index (χ3v) is 10.0. The van der Waals surface area contributed by atoms with Crippen molar-refractivity contribution in [2.24, 2.45) is 0 Å². The zero-order valence-electron chi connectivity index (χ0n) is 10.2. The maximum atomic E-state index is 3.83. The standard InChI is InChI=1S/C12H27P.Pd/c1-4-7-10-13(11-8-5-2)12-9-6-3;/h4-12H2,1-3H3;/q;-1/p+1. The van der Waals surface area contributed by atoms with E-state index in [9.17, 15) is 0 Å². The average molecular weight is 310 g/mol. The summed E-state index contributed by atoms with van der Waals surface area (Å²) >= 11 is 3.83. The molecule has 0 rings (SSSR count). The van der Waals surface area contributed by atoms with Crippen molar-refractivity contribution in [1.82, 2.24) is 0 Å². The second-order valence-corrected chi connectivity index (χ2v) is 13.0. The Kier molecular flexibility index (Phi) is 10.1. The van der Waals surface area contributed by atoms with Crippen LogP contribution in [0.2, 0.25) is 0 Å². The van der Waals surface area contributed by atoms with Crippen LogP contribution in [0.1, 0.15) is 59.3 Å². The molecule has 91 valence electrons. The first-order valence-electron chi connectivity index (χ1n) is 6.34. The van der Waals surface area contributed by atoms with Crippen molar-refractivity contribution in [2.75, 3.05) is 18.5 Å². The van der Waals surface area contributed by atoms with Crippen molar-refractivity contribution in [3.63, 3.8) is 0 Å². The topological polar surface area (TPSA) is 0 Å². The van der Waals surface area contributed by atoms with Gasteiger partial charge in [0, 0.05) is 0 Å². The first kappa shape index (κ1) is 15.1. The van der Waals surface area contributed by atoms with Crippen molar-refractivity contribution in [3.05, 3.63) is 0 Å². The molecule has 0 bridgehead atoms. The van der Waals surface area contributed by atoms with E-state index in [2.05, 4.69) is 39.5 Å². The summed E-state index contributed by atoms with van der Waals surface area (Å²) in [5.41, 5.74) is -0.962. The molecule has 0 radical (unpaired) electrons. The van der Waals surface area contributed by atoms with Gasteiger partial charge in [-0.1, -0.05) is 0 Å². The number of rotatable bonds is 9. The molecule has 0 heterocycles. The van der Waals surface area contributed by atoms with E-state index < -0.39 is 5.45 Å². The van der Waals surface area contributed by atoms with E-state index in [1.807, 2.05) is 0 Å². The SMILES string of the molecule is CCCC[PH]([Pd])(CCCC)CCCC. The summed E-state index contributed by atoms with van der Waals surface area (Å²) in [6.07, 6.45) is 13.0. The Hall–Kier alpha value is 1.09. The predicted octanol–water partition coefficient (Wildman–Crippen LogP) is 4.60. The summed E-state index contributed by atoms with van der Waals surface area (Å²) in [6, 6.07) is 0. The molecule has 0 saturated heterocycles. The summed E-state index contributed by atoms with van der Waals surface area (Å²) < 4.78 is 0. The second kappa shape index (κ2) is 9.33. The van der Waals surface area contributed by atoms with Gasteiger partial charge in [-0.05, 0) is 0 Å². The number of unbranched alkanes of at least 4 members (excludes halogenated alkanes) is 3. The summed E-state index contributed by atoms with van der Waals surface area (Å²) in [5, 5.41) is 0. The Balaban J connectivity index is 3.89. The average Bonchev–Trinajstić information content (AvgIpc) is 2.21. The molecule has 0 saturated carbocycles. The van der Waals surface area contributed by atoms with Crippen LogP contribution in [0.3, 0.4) is 0 Å². The molecule has 0 aliphatic heterocycles. The van der Waals surface area contributed by atoms with Crippen LogP contribution in [0.5, 0.6) is 0 Å². The summed E-state index contributed by atoms with van der Waals surface area (Å²) in [7, 11) is 0. The quantitative estimate of drug-likeness (QED) is 0.431. The first-order chi connectivity index (χ1) is 6.68. The van der Waals surface area contributed by atoms with Crippen molar-refractivity contribution in [3.8, 4) is 0 Å². The monoisotopic (exact) mass is 309 g/mol. The van der Waals surface area contributed by atoms with Gasteiger partial charge in [-0.25, -0.2) is 0 Å². The Labute approximate surface area is 102 Å². The molecule has 0 aromatic heterocycles. The molecular weight excluding hydrogens is 282 g/mol. The Morgan fingerprint density at radius 1 is 0.714 bits per heavy atom. The Bertz CT molecular complexity index is 104. The molecule has 0 aromatic carbocycles. The third kappa shape index (κ3) is 7.39. The van der Waals surface area contributed by atoms with E-state index in [-0.39, 0.29) is 0 Å². The Morgan fingerprint density at radius 2 is 1.00 bits per heavy atom. The van der Waals surface area contributed by atoms with Crippen LogP contribution >= 0.6 is 5.45 Å². The second-order valence-electron chi connectivity index (χ2n) is 4.40. The van der Waals surface area contributed by atoms with Gasteiger partial charge in [-0.2, -0.15) is 0 Å². The minimum absolute atomic E-state index is 0.962. The maximum absolute atomic E-state index is 3.83. The van der Waals surface area contributed by atoms with Crippen LogP contribution < -0.4 is 0 Å². The van der Waals surface area contributed by atoms with Crippen LogP contribution in [0.4, 0.5) is 0 Å². The van der Waals surface area contributed by atoms with Crippen LogP contribution in [0, 0.1) is 0 Å². The number of hydrogen-bond donors (Lipinski definition) is 0. The normalized spacial score (nSPS) is 13.2. The first-order valence-corrected chi connectivity index (χ1v) is 11.1. The summed E-state index contributed by atoms with van der Waals surface area (Å²) in [4.78, 5) is 0. The van der Waals surface area contributed by atoms with Gasteiger partial charge in [0.15, 0.2) is 0 Å². The molecule has 0 aliphatic carbocycles. The van der Waals surface area contributed by atoms with E-state index >= 15 is 0 Å². The van der Waals surface area contributed by atoms with Crippen molar-refractivity contribution >= 4 is 5.45 Å². The van der Waals surface area contributed by atoms with Gasteiger partial charge in [0.25, 0.3) is 0 Å². The fourth-order valence-electron chi connectivity index (χ4n) is 1.82. The van der Waals surface area contributed by atoms with E-state index in [0.717, 1.165) is 0 Å². The molecular formula is C12H28PPd. The molecule has 0 N–H and O–H groups in total. The molecule has 0 unspecified atom stereocenters. The van der Waals surface area contributed by atoms with Crippen molar-refractivity contribution in [2.45, 2.75) is 59.3 Å². The predicted molar refractivity (Wildman–Crippen MR) is 67.6 cm³/mol. The molecule has 0 nitrogen and oxygen atoms in total. The van der Waals surface area contributed by atoms with Crippen LogP contribution in [0.15, 0.2) is 0 Å². The van der Waals surface area contributed by atoms with Crippen LogP contribution in [-0.2, 0) is 18.7 Å². The van der Waals surface area contributed by atoms with Gasteiger partial charge in [-0.3, -0.25) is 0 Å². The van der Waals surface area contributed by atoms with E-state index in [1.54, 1.807) is 0 Å². The van der Waals surface area contributed by atoms with Gasteiger partial charge in [0.2, 0.25) is 0 Å². The zero-order valence-corrected chi connectivity index (χ0v) is 12.7. The van der Waals surface area contributed by atoms with Gasteiger partial charge in [-0.15, -0.1) is 0 Å². The van der Waals surface area contributed by atoms with Gasteiger partial charge in [0.05, 0.1) is 0 Å². The van der Waals surface area contributed by atoms with Crippen molar-refractivity contribution in [1.29, 1.82) is 0 Å². The minimum atomic E-state index is -0.962.